The molecule has 6 heteroatoms. The molecule has 2 unspecified atom stereocenters. The Morgan fingerprint density at radius 1 is 1.40 bits per heavy atom. The molecule has 0 aromatic carbocycles. The average Bonchev–Trinajstić information content (AvgIpc) is 2.59. The molecule has 0 saturated carbocycles. The molecule has 2 heterocycles. The van der Waals surface area contributed by atoms with Crippen LogP contribution in [0.4, 0.5) is 5.82 Å². The maximum absolute atomic E-state index is 9.42. The van der Waals surface area contributed by atoms with Crippen LogP contribution in [0.15, 0.2) is 12.3 Å². The fourth-order valence-electron chi connectivity index (χ4n) is 1.72. The summed E-state index contributed by atoms with van der Waals surface area (Å²) in [6.45, 7) is 1.10. The highest BCUT2D eigenvalue weighted by Gasteiger charge is 2.31. The van der Waals surface area contributed by atoms with Crippen molar-refractivity contribution < 1.29 is 10.2 Å². The maximum Gasteiger partial charge on any atom is 0.155 e. The molecule has 0 radical (unpaired) electrons. The molecule has 0 aliphatic carbocycles. The molecule has 0 bridgehead atoms. The zero-order valence-corrected chi connectivity index (χ0v) is 8.24. The van der Waals surface area contributed by atoms with Crippen molar-refractivity contribution in [2.24, 2.45) is 5.73 Å². The van der Waals surface area contributed by atoms with Crippen LogP contribution in [-0.2, 0) is 6.54 Å². The van der Waals surface area contributed by atoms with Crippen molar-refractivity contribution in [2.45, 2.75) is 18.8 Å². The molecule has 15 heavy (non-hydrogen) atoms. The highest BCUT2D eigenvalue weighted by molar-refractivity contribution is 5.47. The van der Waals surface area contributed by atoms with Gasteiger partial charge >= 0.3 is 0 Å². The van der Waals surface area contributed by atoms with Crippen LogP contribution in [0.3, 0.4) is 0 Å². The van der Waals surface area contributed by atoms with Crippen LogP contribution in [0, 0.1) is 0 Å². The van der Waals surface area contributed by atoms with Gasteiger partial charge in [0.1, 0.15) is 0 Å². The second kappa shape index (κ2) is 4.09. The van der Waals surface area contributed by atoms with E-state index in [9.17, 15) is 10.2 Å². The van der Waals surface area contributed by atoms with Gasteiger partial charge in [-0.05, 0) is 6.07 Å². The van der Waals surface area contributed by atoms with E-state index in [0.29, 0.717) is 25.5 Å². The quantitative estimate of drug-likeness (QED) is 0.548. The fourth-order valence-corrected chi connectivity index (χ4v) is 1.72. The monoisotopic (exact) mass is 210 g/mol. The highest BCUT2D eigenvalue weighted by atomic mass is 16.3. The summed E-state index contributed by atoms with van der Waals surface area (Å²) in [5, 5.41) is 26.6. The third-order valence-corrected chi connectivity index (χ3v) is 2.56. The van der Waals surface area contributed by atoms with E-state index < -0.39 is 12.2 Å². The Hall–Kier alpha value is -1.24. The van der Waals surface area contributed by atoms with Crippen molar-refractivity contribution in [3.63, 3.8) is 0 Å². The molecule has 0 spiro atoms. The minimum absolute atomic E-state index is 0.368. The van der Waals surface area contributed by atoms with Gasteiger partial charge in [-0.1, -0.05) is 0 Å². The van der Waals surface area contributed by atoms with Gasteiger partial charge in [-0.15, -0.1) is 5.10 Å². The van der Waals surface area contributed by atoms with Crippen LogP contribution in [0.25, 0.3) is 0 Å². The zero-order valence-electron chi connectivity index (χ0n) is 8.24. The summed E-state index contributed by atoms with van der Waals surface area (Å²) in [7, 11) is 0. The van der Waals surface area contributed by atoms with Gasteiger partial charge < -0.3 is 20.8 Å². The Morgan fingerprint density at radius 3 is 2.67 bits per heavy atom. The van der Waals surface area contributed by atoms with Crippen LogP contribution in [0.5, 0.6) is 0 Å². The smallest absolute Gasteiger partial charge is 0.155 e. The number of aliphatic hydroxyl groups is 2. The maximum atomic E-state index is 9.42. The highest BCUT2D eigenvalue weighted by Crippen LogP contribution is 2.21. The van der Waals surface area contributed by atoms with E-state index in [1.54, 1.807) is 17.2 Å². The van der Waals surface area contributed by atoms with Crippen molar-refractivity contribution in [1.29, 1.82) is 0 Å². The number of hydrogen-bond acceptors (Lipinski definition) is 6. The number of nitrogens with two attached hydrogens (primary N) is 1. The number of hydrogen-bond donors (Lipinski definition) is 3. The third kappa shape index (κ3) is 1.92. The molecule has 1 aromatic rings. The Bertz CT molecular complexity index is 337. The SMILES string of the molecule is NCc1ccnnc1N1CC(O)C(O)C1. The predicted molar refractivity (Wildman–Crippen MR) is 54.2 cm³/mol. The first-order valence-electron chi connectivity index (χ1n) is 4.84. The molecule has 1 aliphatic rings. The van der Waals surface area contributed by atoms with E-state index in [2.05, 4.69) is 10.2 Å². The molecular weight excluding hydrogens is 196 g/mol. The zero-order chi connectivity index (χ0) is 10.8. The Labute approximate surface area is 87.3 Å². The van der Waals surface area contributed by atoms with Gasteiger partial charge in [0, 0.05) is 25.2 Å². The van der Waals surface area contributed by atoms with Gasteiger partial charge in [-0.25, -0.2) is 0 Å². The molecule has 4 N–H and O–H groups in total. The number of aromatic nitrogens is 2. The van der Waals surface area contributed by atoms with Gasteiger partial charge in [0.15, 0.2) is 5.82 Å². The van der Waals surface area contributed by atoms with E-state index >= 15 is 0 Å². The lowest BCUT2D eigenvalue weighted by molar-refractivity contribution is 0.0572. The van der Waals surface area contributed by atoms with Crippen LogP contribution < -0.4 is 10.6 Å². The van der Waals surface area contributed by atoms with Crippen LogP contribution in [-0.4, -0.2) is 45.7 Å². The van der Waals surface area contributed by atoms with Crippen molar-refractivity contribution in [2.75, 3.05) is 18.0 Å². The third-order valence-electron chi connectivity index (χ3n) is 2.56. The standard InChI is InChI=1S/C9H14N4O2/c10-3-6-1-2-11-12-9(6)13-4-7(14)8(15)5-13/h1-2,7-8,14-15H,3-5,10H2. The summed E-state index contributed by atoms with van der Waals surface area (Å²) < 4.78 is 0. The lowest BCUT2D eigenvalue weighted by atomic mass is 10.2. The largest absolute Gasteiger partial charge is 0.389 e. The van der Waals surface area contributed by atoms with Crippen molar-refractivity contribution in [1.82, 2.24) is 10.2 Å². The summed E-state index contributed by atoms with van der Waals surface area (Å²) in [6, 6.07) is 1.79. The summed E-state index contributed by atoms with van der Waals surface area (Å²) in [6.07, 6.45) is 0.129. The molecule has 1 aliphatic heterocycles. The van der Waals surface area contributed by atoms with Crippen LogP contribution >= 0.6 is 0 Å². The van der Waals surface area contributed by atoms with Crippen molar-refractivity contribution in [3.05, 3.63) is 17.8 Å². The molecule has 2 rings (SSSR count). The topological polar surface area (TPSA) is 95.5 Å². The summed E-state index contributed by atoms with van der Waals surface area (Å²) in [4.78, 5) is 1.80. The van der Waals surface area contributed by atoms with Gasteiger partial charge in [0.05, 0.1) is 18.4 Å². The van der Waals surface area contributed by atoms with E-state index in [1.807, 2.05) is 0 Å². The van der Waals surface area contributed by atoms with Crippen molar-refractivity contribution >= 4 is 5.82 Å². The van der Waals surface area contributed by atoms with Gasteiger partial charge in [0.2, 0.25) is 0 Å². The number of anilines is 1. The molecular formula is C9H14N4O2. The molecule has 1 fully saturated rings. The summed E-state index contributed by atoms with van der Waals surface area (Å²) in [5.41, 5.74) is 6.44. The van der Waals surface area contributed by atoms with E-state index in [4.69, 9.17) is 5.73 Å². The normalized spacial score (nSPS) is 25.9. The summed E-state index contributed by atoms with van der Waals surface area (Å²) in [5.74, 6) is 0.649. The van der Waals surface area contributed by atoms with E-state index in [0.717, 1.165) is 5.56 Å². The Kier molecular flexibility index (Phi) is 2.81. The fraction of sp³-hybridized carbons (Fsp3) is 0.556. The first-order chi connectivity index (χ1) is 7.22. The Morgan fingerprint density at radius 2 is 2.07 bits per heavy atom. The molecule has 82 valence electrons. The average molecular weight is 210 g/mol. The van der Waals surface area contributed by atoms with E-state index in [-0.39, 0.29) is 0 Å². The van der Waals surface area contributed by atoms with Crippen LogP contribution in [0.2, 0.25) is 0 Å². The lowest BCUT2D eigenvalue weighted by Gasteiger charge is -2.18. The molecule has 6 nitrogen and oxygen atoms in total. The Balaban J connectivity index is 2.23. The van der Waals surface area contributed by atoms with Gasteiger partial charge in [-0.2, -0.15) is 5.10 Å². The molecule has 1 aromatic heterocycles. The lowest BCUT2D eigenvalue weighted by Crippen LogP contribution is -2.24. The van der Waals surface area contributed by atoms with Gasteiger partial charge in [-0.3, -0.25) is 0 Å². The number of rotatable bonds is 2. The summed E-state index contributed by atoms with van der Waals surface area (Å²) >= 11 is 0. The first kappa shape index (κ1) is 10.3. The molecule has 1 saturated heterocycles. The van der Waals surface area contributed by atoms with Crippen molar-refractivity contribution in [3.8, 4) is 0 Å². The molecule has 2 atom stereocenters. The number of nitrogens with zero attached hydrogens (tertiary/aromatic N) is 3. The van der Waals surface area contributed by atoms with Gasteiger partial charge in [0.25, 0.3) is 0 Å². The minimum atomic E-state index is -0.724. The second-order valence-corrected chi connectivity index (χ2v) is 3.62. The first-order valence-corrected chi connectivity index (χ1v) is 4.84. The number of aliphatic hydroxyl groups excluding tert-OH is 2. The second-order valence-electron chi connectivity index (χ2n) is 3.62. The predicted octanol–water partition coefficient (Wildman–Crippen LogP) is -1.52. The number of β-amino-alcohol motifs (C(OH)–C–C–N with tert-alkyl or cyclic N) is 2. The molecule has 0 amide bonds. The van der Waals surface area contributed by atoms with Crippen LogP contribution in [0.1, 0.15) is 5.56 Å². The van der Waals surface area contributed by atoms with E-state index in [1.165, 1.54) is 0 Å². The minimum Gasteiger partial charge on any atom is -0.389 e.